The van der Waals surface area contributed by atoms with E-state index in [0.717, 1.165) is 4.88 Å². The minimum Gasteiger partial charge on any atom is -0.494 e. The van der Waals surface area contributed by atoms with Crippen molar-refractivity contribution in [3.8, 4) is 5.88 Å². The van der Waals surface area contributed by atoms with Crippen LogP contribution in [0.5, 0.6) is 5.88 Å². The zero-order valence-corrected chi connectivity index (χ0v) is 12.5. The fraction of sp³-hybridized carbons (Fsp3) is 0.429. The molecule has 0 bridgehead atoms. The van der Waals surface area contributed by atoms with Gasteiger partial charge in [0.15, 0.2) is 0 Å². The lowest BCUT2D eigenvalue weighted by molar-refractivity contribution is 0.339. The number of H-pyrrole nitrogens is 1. The fourth-order valence-electron chi connectivity index (χ4n) is 2.37. The van der Waals surface area contributed by atoms with E-state index in [0.29, 0.717) is 6.42 Å². The van der Waals surface area contributed by atoms with Gasteiger partial charge in [-0.15, -0.1) is 11.3 Å². The van der Waals surface area contributed by atoms with E-state index >= 15 is 0 Å². The van der Waals surface area contributed by atoms with Crippen LogP contribution in [0, 0.1) is 5.92 Å². The molecule has 108 valence electrons. The van der Waals surface area contributed by atoms with Crippen LogP contribution < -0.4 is 11.2 Å². The summed E-state index contributed by atoms with van der Waals surface area (Å²) in [5.41, 5.74) is -0.844. The predicted molar refractivity (Wildman–Crippen MR) is 79.7 cm³/mol. The molecule has 0 amide bonds. The van der Waals surface area contributed by atoms with Crippen molar-refractivity contribution in [1.29, 1.82) is 0 Å². The first kappa shape index (κ1) is 14.6. The molecule has 0 spiro atoms. The summed E-state index contributed by atoms with van der Waals surface area (Å²) in [6.45, 7) is 5.73. The Bertz CT molecular complexity index is 698. The maximum atomic E-state index is 12.1. The van der Waals surface area contributed by atoms with Crippen LogP contribution in [0.2, 0.25) is 0 Å². The summed E-state index contributed by atoms with van der Waals surface area (Å²) in [5, 5.41) is 12.2. The Morgan fingerprint density at radius 3 is 2.60 bits per heavy atom. The number of hydrogen-bond donors (Lipinski definition) is 2. The van der Waals surface area contributed by atoms with E-state index in [2.05, 4.69) is 4.98 Å². The average Bonchev–Trinajstić information content (AvgIpc) is 2.87. The van der Waals surface area contributed by atoms with Gasteiger partial charge in [-0.3, -0.25) is 14.3 Å². The number of aromatic amines is 1. The van der Waals surface area contributed by atoms with Crippen molar-refractivity contribution in [2.45, 2.75) is 33.2 Å². The molecule has 0 aliphatic carbocycles. The molecule has 0 aliphatic heterocycles. The summed E-state index contributed by atoms with van der Waals surface area (Å²) < 4.78 is 1.29. The molecule has 0 saturated carbocycles. The average molecular weight is 294 g/mol. The number of rotatable bonds is 4. The summed E-state index contributed by atoms with van der Waals surface area (Å²) in [6, 6.07) is 3.55. The zero-order valence-electron chi connectivity index (χ0n) is 11.7. The highest BCUT2D eigenvalue weighted by atomic mass is 32.1. The lowest BCUT2D eigenvalue weighted by atomic mass is 10.0. The SMILES string of the molecule is CCc1c(O)n(C(c2cccs2)C(C)C)c(=O)[nH]c1=O. The van der Waals surface area contributed by atoms with E-state index in [1.165, 1.54) is 15.9 Å². The van der Waals surface area contributed by atoms with E-state index in [1.54, 1.807) is 6.92 Å². The molecule has 2 rings (SSSR count). The van der Waals surface area contributed by atoms with Crippen LogP contribution in [0.1, 0.15) is 37.3 Å². The first-order valence-electron chi connectivity index (χ1n) is 6.57. The second-order valence-corrected chi connectivity index (χ2v) is 5.97. The highest BCUT2D eigenvalue weighted by molar-refractivity contribution is 7.10. The Morgan fingerprint density at radius 1 is 1.40 bits per heavy atom. The highest BCUT2D eigenvalue weighted by Gasteiger charge is 2.25. The number of nitrogens with zero attached hydrogens (tertiary/aromatic N) is 1. The van der Waals surface area contributed by atoms with E-state index in [4.69, 9.17) is 0 Å². The smallest absolute Gasteiger partial charge is 0.331 e. The van der Waals surface area contributed by atoms with E-state index < -0.39 is 11.2 Å². The Hall–Kier alpha value is -1.82. The zero-order chi connectivity index (χ0) is 14.9. The number of nitrogens with one attached hydrogen (secondary N) is 1. The molecule has 6 heteroatoms. The lowest BCUT2D eigenvalue weighted by Gasteiger charge is -2.23. The maximum absolute atomic E-state index is 12.1. The fourth-order valence-corrected chi connectivity index (χ4v) is 3.35. The molecule has 0 aromatic carbocycles. The molecular weight excluding hydrogens is 276 g/mol. The van der Waals surface area contributed by atoms with Crippen molar-refractivity contribution in [3.63, 3.8) is 0 Å². The lowest BCUT2D eigenvalue weighted by Crippen LogP contribution is -2.36. The summed E-state index contributed by atoms with van der Waals surface area (Å²) in [7, 11) is 0. The topological polar surface area (TPSA) is 75.1 Å². The van der Waals surface area contributed by atoms with E-state index in [9.17, 15) is 14.7 Å². The van der Waals surface area contributed by atoms with Gasteiger partial charge in [0.05, 0.1) is 11.6 Å². The van der Waals surface area contributed by atoms with Crippen LogP contribution in [-0.2, 0) is 6.42 Å². The molecule has 2 N–H and O–H groups in total. The molecule has 20 heavy (non-hydrogen) atoms. The Labute approximate surface area is 120 Å². The summed E-state index contributed by atoms with van der Waals surface area (Å²) in [6.07, 6.45) is 0.372. The summed E-state index contributed by atoms with van der Waals surface area (Å²) >= 11 is 1.53. The molecule has 0 aliphatic rings. The third kappa shape index (κ3) is 2.43. The Kier molecular flexibility index (Phi) is 4.13. The van der Waals surface area contributed by atoms with Crippen LogP contribution in [0.15, 0.2) is 27.1 Å². The molecule has 5 nitrogen and oxygen atoms in total. The monoisotopic (exact) mass is 294 g/mol. The third-order valence-corrected chi connectivity index (χ3v) is 4.25. The Morgan fingerprint density at radius 2 is 2.10 bits per heavy atom. The van der Waals surface area contributed by atoms with E-state index in [1.807, 2.05) is 31.4 Å². The normalized spacial score (nSPS) is 12.8. The minimum atomic E-state index is -0.572. The van der Waals surface area contributed by atoms with Crippen molar-refractivity contribution < 1.29 is 5.11 Å². The highest BCUT2D eigenvalue weighted by Crippen LogP contribution is 2.31. The van der Waals surface area contributed by atoms with Gasteiger partial charge in [0, 0.05) is 4.88 Å². The number of aromatic hydroxyl groups is 1. The Balaban J connectivity index is 2.73. The quantitative estimate of drug-likeness (QED) is 0.907. The molecular formula is C14H18N2O3S. The molecule has 0 radical (unpaired) electrons. The molecule has 2 aromatic heterocycles. The number of hydrogen-bond acceptors (Lipinski definition) is 4. The van der Waals surface area contributed by atoms with Gasteiger partial charge in [-0.25, -0.2) is 4.79 Å². The van der Waals surface area contributed by atoms with Crippen LogP contribution >= 0.6 is 11.3 Å². The molecule has 1 atom stereocenters. The van der Waals surface area contributed by atoms with Gasteiger partial charge in [0.2, 0.25) is 5.88 Å². The molecule has 2 aromatic rings. The van der Waals surface area contributed by atoms with E-state index in [-0.39, 0.29) is 23.4 Å². The van der Waals surface area contributed by atoms with Gasteiger partial charge in [0.25, 0.3) is 5.56 Å². The van der Waals surface area contributed by atoms with Gasteiger partial charge < -0.3 is 5.11 Å². The van der Waals surface area contributed by atoms with Crippen LogP contribution in [0.3, 0.4) is 0 Å². The summed E-state index contributed by atoms with van der Waals surface area (Å²) in [4.78, 5) is 27.1. The predicted octanol–water partition coefficient (Wildman–Crippen LogP) is 2.11. The first-order chi connectivity index (χ1) is 9.47. The van der Waals surface area contributed by atoms with Crippen molar-refractivity contribution in [2.24, 2.45) is 5.92 Å². The van der Waals surface area contributed by atoms with Gasteiger partial charge in [-0.1, -0.05) is 26.8 Å². The second-order valence-electron chi connectivity index (χ2n) is 4.99. The van der Waals surface area contributed by atoms with Gasteiger partial charge in [0.1, 0.15) is 0 Å². The van der Waals surface area contributed by atoms with Crippen LogP contribution in [-0.4, -0.2) is 14.7 Å². The maximum Gasteiger partial charge on any atom is 0.331 e. The first-order valence-corrected chi connectivity index (χ1v) is 7.45. The molecule has 2 heterocycles. The van der Waals surface area contributed by atoms with Crippen molar-refractivity contribution in [3.05, 3.63) is 48.8 Å². The molecule has 0 fully saturated rings. The van der Waals surface area contributed by atoms with Gasteiger partial charge >= 0.3 is 5.69 Å². The van der Waals surface area contributed by atoms with Crippen molar-refractivity contribution in [2.75, 3.05) is 0 Å². The largest absolute Gasteiger partial charge is 0.494 e. The number of aromatic nitrogens is 2. The van der Waals surface area contributed by atoms with Crippen LogP contribution in [0.25, 0.3) is 0 Å². The standard InChI is InChI=1S/C14H18N2O3S/c1-4-9-12(17)15-14(19)16(13(9)18)11(8(2)3)10-6-5-7-20-10/h5-8,11,18H,4H2,1-3H3,(H,15,17,19). The number of thiophene rings is 1. The van der Waals surface area contributed by atoms with Crippen molar-refractivity contribution >= 4 is 11.3 Å². The minimum absolute atomic E-state index is 0.104. The summed E-state index contributed by atoms with van der Waals surface area (Å²) in [5.74, 6) is -0.124. The van der Waals surface area contributed by atoms with Crippen molar-refractivity contribution in [1.82, 2.24) is 9.55 Å². The van der Waals surface area contributed by atoms with Crippen LogP contribution in [0.4, 0.5) is 0 Å². The van der Waals surface area contributed by atoms with Gasteiger partial charge in [-0.05, 0) is 23.8 Å². The van der Waals surface area contributed by atoms with Gasteiger partial charge in [-0.2, -0.15) is 0 Å². The third-order valence-electron chi connectivity index (χ3n) is 3.31. The second kappa shape index (κ2) is 5.66. The molecule has 1 unspecified atom stereocenters. The molecule has 0 saturated heterocycles.